The number of rotatable bonds is 3. The van der Waals surface area contributed by atoms with Crippen molar-refractivity contribution in [2.24, 2.45) is 0 Å². The average molecular weight is 403 g/mol. The minimum atomic E-state index is -1.81. The summed E-state index contributed by atoms with van der Waals surface area (Å²) in [6, 6.07) is 17.9. The number of nitrogens with zero attached hydrogens (tertiary/aromatic N) is 1. The Bertz CT molecular complexity index is 1190. The Hall–Kier alpha value is -3.71. The molecule has 0 aliphatic carbocycles. The zero-order valence-corrected chi connectivity index (χ0v) is 15.8. The zero-order valence-electron chi connectivity index (χ0n) is 15.8. The number of carbonyl (C=O) groups excluding carboxylic acids is 1. The lowest BCUT2D eigenvalue weighted by molar-refractivity contribution is -0.132. The van der Waals surface area contributed by atoms with Gasteiger partial charge in [-0.2, -0.15) is 0 Å². The van der Waals surface area contributed by atoms with Crippen LogP contribution >= 0.6 is 0 Å². The van der Waals surface area contributed by atoms with Crippen molar-refractivity contribution in [2.45, 2.75) is 12.1 Å². The summed E-state index contributed by atoms with van der Waals surface area (Å²) in [7, 11) is 0. The molecule has 3 aromatic carbocycles. The van der Waals surface area contributed by atoms with E-state index in [1.165, 1.54) is 0 Å². The van der Waals surface area contributed by atoms with Gasteiger partial charge in [-0.3, -0.25) is 4.79 Å². The molecule has 0 saturated heterocycles. The van der Waals surface area contributed by atoms with E-state index < -0.39 is 11.5 Å². The quantitative estimate of drug-likeness (QED) is 0.725. The molecular weight excluding hydrogens is 386 g/mol. The van der Waals surface area contributed by atoms with Gasteiger partial charge in [0.05, 0.1) is 12.2 Å². The minimum absolute atomic E-state index is 0.123. The fourth-order valence-electron chi connectivity index (χ4n) is 4.21. The first-order valence-electron chi connectivity index (χ1n) is 9.57. The zero-order chi connectivity index (χ0) is 20.3. The topological polar surface area (TPSA) is 77.5 Å². The van der Waals surface area contributed by atoms with E-state index >= 15 is 0 Å². The molecule has 3 aliphatic rings. The highest BCUT2D eigenvalue weighted by atomic mass is 16.7. The SMILES string of the molecule is O=C1N(Cc2ccc3c(c2)OCO3)c2ccccc2C1(O)c1ccc2c(c1)OCO2. The highest BCUT2D eigenvalue weighted by molar-refractivity contribution is 6.09. The molecule has 0 spiro atoms. The summed E-state index contributed by atoms with van der Waals surface area (Å²) >= 11 is 0. The maximum absolute atomic E-state index is 13.6. The molecular formula is C23H17NO6. The third-order valence-electron chi connectivity index (χ3n) is 5.71. The van der Waals surface area contributed by atoms with E-state index in [2.05, 4.69) is 0 Å². The minimum Gasteiger partial charge on any atom is -0.454 e. The molecule has 3 heterocycles. The molecule has 1 N–H and O–H groups in total. The molecule has 0 bridgehead atoms. The summed E-state index contributed by atoms with van der Waals surface area (Å²) in [6.45, 7) is 0.603. The molecule has 1 atom stereocenters. The molecule has 3 aromatic rings. The van der Waals surface area contributed by atoms with Gasteiger partial charge in [0, 0.05) is 11.1 Å². The molecule has 7 nitrogen and oxygen atoms in total. The highest BCUT2D eigenvalue weighted by Gasteiger charge is 2.51. The monoisotopic (exact) mass is 403 g/mol. The molecule has 1 unspecified atom stereocenters. The summed E-state index contributed by atoms with van der Waals surface area (Å²) in [5.74, 6) is 2.03. The Labute approximate surface area is 172 Å². The Kier molecular flexibility index (Phi) is 3.52. The van der Waals surface area contributed by atoms with E-state index in [1.807, 2.05) is 36.4 Å². The van der Waals surface area contributed by atoms with Gasteiger partial charge < -0.3 is 29.0 Å². The molecule has 0 radical (unpaired) electrons. The van der Waals surface area contributed by atoms with Crippen molar-refractivity contribution in [3.8, 4) is 23.0 Å². The fraction of sp³-hybridized carbons (Fsp3) is 0.174. The molecule has 3 aliphatic heterocycles. The van der Waals surface area contributed by atoms with Crippen molar-refractivity contribution >= 4 is 11.6 Å². The van der Waals surface area contributed by atoms with E-state index in [1.54, 1.807) is 29.2 Å². The molecule has 150 valence electrons. The first-order chi connectivity index (χ1) is 14.6. The van der Waals surface area contributed by atoms with Gasteiger partial charge >= 0.3 is 0 Å². The van der Waals surface area contributed by atoms with Crippen molar-refractivity contribution in [1.82, 2.24) is 0 Å². The van der Waals surface area contributed by atoms with E-state index in [-0.39, 0.29) is 13.6 Å². The fourth-order valence-corrected chi connectivity index (χ4v) is 4.21. The van der Waals surface area contributed by atoms with Crippen molar-refractivity contribution in [2.75, 3.05) is 18.5 Å². The smallest absolute Gasteiger partial charge is 0.268 e. The summed E-state index contributed by atoms with van der Waals surface area (Å²) < 4.78 is 21.6. The molecule has 7 heteroatoms. The van der Waals surface area contributed by atoms with Gasteiger partial charge in [0.15, 0.2) is 28.6 Å². The molecule has 0 fully saturated rings. The van der Waals surface area contributed by atoms with E-state index in [0.717, 1.165) is 5.56 Å². The van der Waals surface area contributed by atoms with Crippen LogP contribution in [0, 0.1) is 0 Å². The van der Waals surface area contributed by atoms with E-state index in [0.29, 0.717) is 46.4 Å². The van der Waals surface area contributed by atoms with Crippen LogP contribution < -0.4 is 23.8 Å². The van der Waals surface area contributed by atoms with Gasteiger partial charge in [0.1, 0.15) is 0 Å². The molecule has 1 amide bonds. The number of carbonyl (C=O) groups is 1. The van der Waals surface area contributed by atoms with E-state index in [4.69, 9.17) is 18.9 Å². The maximum atomic E-state index is 13.6. The molecule has 6 rings (SSSR count). The van der Waals surface area contributed by atoms with Crippen LogP contribution in [0.3, 0.4) is 0 Å². The van der Waals surface area contributed by atoms with Crippen molar-refractivity contribution in [1.29, 1.82) is 0 Å². The average Bonchev–Trinajstić information content (AvgIpc) is 3.48. The first kappa shape index (κ1) is 17.2. The summed E-state index contributed by atoms with van der Waals surface area (Å²) in [5, 5.41) is 11.7. The second kappa shape index (κ2) is 6.14. The van der Waals surface area contributed by atoms with Crippen LogP contribution in [0.25, 0.3) is 0 Å². The summed E-state index contributed by atoms with van der Waals surface area (Å²) in [4.78, 5) is 15.2. The lowest BCUT2D eigenvalue weighted by Gasteiger charge is -2.24. The largest absolute Gasteiger partial charge is 0.454 e. The second-order valence-electron chi connectivity index (χ2n) is 7.37. The van der Waals surface area contributed by atoms with Crippen LogP contribution in [0.1, 0.15) is 16.7 Å². The lowest BCUT2D eigenvalue weighted by Crippen LogP contribution is -2.40. The predicted octanol–water partition coefficient (Wildman–Crippen LogP) is 2.93. The van der Waals surface area contributed by atoms with Crippen molar-refractivity contribution in [3.63, 3.8) is 0 Å². The van der Waals surface area contributed by atoms with Gasteiger partial charge in [-0.15, -0.1) is 0 Å². The van der Waals surface area contributed by atoms with Crippen LogP contribution in [0.4, 0.5) is 5.69 Å². The Morgan fingerprint density at radius 1 is 0.833 bits per heavy atom. The number of para-hydroxylation sites is 1. The molecule has 0 saturated carbocycles. The first-order valence-corrected chi connectivity index (χ1v) is 9.57. The number of hydrogen-bond acceptors (Lipinski definition) is 6. The Morgan fingerprint density at radius 2 is 1.50 bits per heavy atom. The second-order valence-corrected chi connectivity index (χ2v) is 7.37. The van der Waals surface area contributed by atoms with Crippen LogP contribution in [-0.2, 0) is 16.9 Å². The number of amides is 1. The van der Waals surface area contributed by atoms with Crippen LogP contribution in [0.15, 0.2) is 60.7 Å². The molecule has 0 aromatic heterocycles. The highest BCUT2D eigenvalue weighted by Crippen LogP contribution is 2.47. The van der Waals surface area contributed by atoms with Gasteiger partial charge in [-0.1, -0.05) is 30.3 Å². The standard InChI is InChI=1S/C23H17NO6/c25-22-23(26,15-6-8-19-21(10-15)30-13-28-19)16-3-1-2-4-17(16)24(22)11-14-5-7-18-20(9-14)29-12-27-18/h1-10,26H,11-13H2. The number of hydrogen-bond donors (Lipinski definition) is 1. The normalized spacial score (nSPS) is 20.6. The number of fused-ring (bicyclic) bond motifs is 3. The third kappa shape index (κ3) is 2.32. The third-order valence-corrected chi connectivity index (χ3v) is 5.71. The number of aliphatic hydroxyl groups is 1. The Balaban J connectivity index is 1.42. The number of ether oxygens (including phenoxy) is 4. The lowest BCUT2D eigenvalue weighted by atomic mass is 9.87. The molecule has 30 heavy (non-hydrogen) atoms. The predicted molar refractivity (Wildman–Crippen MR) is 106 cm³/mol. The van der Waals surface area contributed by atoms with Crippen molar-refractivity contribution in [3.05, 3.63) is 77.4 Å². The number of anilines is 1. The maximum Gasteiger partial charge on any atom is 0.268 e. The van der Waals surface area contributed by atoms with Gasteiger partial charge in [0.25, 0.3) is 5.91 Å². The van der Waals surface area contributed by atoms with Crippen molar-refractivity contribution < 1.29 is 28.8 Å². The van der Waals surface area contributed by atoms with Crippen LogP contribution in [-0.4, -0.2) is 24.6 Å². The van der Waals surface area contributed by atoms with E-state index in [9.17, 15) is 9.90 Å². The summed E-state index contributed by atoms with van der Waals surface area (Å²) in [5.41, 5.74) is 0.707. The van der Waals surface area contributed by atoms with Crippen LogP contribution in [0.2, 0.25) is 0 Å². The van der Waals surface area contributed by atoms with Gasteiger partial charge in [-0.05, 0) is 35.9 Å². The number of benzene rings is 3. The van der Waals surface area contributed by atoms with Gasteiger partial charge in [-0.25, -0.2) is 0 Å². The van der Waals surface area contributed by atoms with Crippen LogP contribution in [0.5, 0.6) is 23.0 Å². The van der Waals surface area contributed by atoms with Gasteiger partial charge in [0.2, 0.25) is 13.6 Å². The summed E-state index contributed by atoms with van der Waals surface area (Å²) in [6.07, 6.45) is 0. The Morgan fingerprint density at radius 3 is 2.30 bits per heavy atom.